The van der Waals surface area contributed by atoms with Crippen molar-refractivity contribution in [2.75, 3.05) is 39.2 Å². The Morgan fingerprint density at radius 1 is 1.46 bits per heavy atom. The first-order valence-corrected chi connectivity index (χ1v) is 10.2. The van der Waals surface area contributed by atoms with E-state index in [0.717, 1.165) is 5.56 Å². The van der Waals surface area contributed by atoms with Gasteiger partial charge in [-0.25, -0.2) is 0 Å². The molecule has 0 unspecified atom stereocenters. The summed E-state index contributed by atoms with van der Waals surface area (Å²) in [6, 6.07) is 7.42. The number of hydrogen-bond donors (Lipinski definition) is 1. The number of halogens is 1. The quantitative estimate of drug-likeness (QED) is 0.784. The zero-order valence-electron chi connectivity index (χ0n) is 15.4. The van der Waals surface area contributed by atoms with Crippen LogP contribution < -0.4 is 10.1 Å². The standard InChI is InChI=1S/C19H20ClN3O4S/c1-26-16-3-2-12(8-15(16)20)13-9-17(24)22-19(14(13)10-21)28-11-18(25)23-4-6-27-7-5-23/h2-3,8,13H,4-7,9,11H2,1H3,(H,22,24)/t13-/m0/s1. The number of methoxy groups -OCH3 is 1. The van der Waals surface area contributed by atoms with Gasteiger partial charge in [0.05, 0.1) is 47.8 Å². The molecule has 1 atom stereocenters. The van der Waals surface area contributed by atoms with E-state index in [-0.39, 0.29) is 24.0 Å². The van der Waals surface area contributed by atoms with E-state index in [2.05, 4.69) is 11.4 Å². The molecule has 2 aliphatic heterocycles. The van der Waals surface area contributed by atoms with Crippen molar-refractivity contribution in [2.24, 2.45) is 0 Å². The van der Waals surface area contributed by atoms with Crippen molar-refractivity contribution in [1.29, 1.82) is 5.26 Å². The molecule has 0 radical (unpaired) electrons. The topological polar surface area (TPSA) is 91.7 Å². The van der Waals surface area contributed by atoms with E-state index >= 15 is 0 Å². The highest BCUT2D eigenvalue weighted by atomic mass is 35.5. The van der Waals surface area contributed by atoms with Gasteiger partial charge in [-0.05, 0) is 17.7 Å². The Bertz CT molecular complexity index is 846. The van der Waals surface area contributed by atoms with Gasteiger partial charge >= 0.3 is 0 Å². The average Bonchev–Trinajstić information content (AvgIpc) is 2.72. The molecule has 1 N–H and O–H groups in total. The number of thioether (sulfide) groups is 1. The number of nitrogens with one attached hydrogen (secondary N) is 1. The molecule has 0 bridgehead atoms. The van der Waals surface area contributed by atoms with Crippen LogP contribution in [0.2, 0.25) is 5.02 Å². The first kappa shape index (κ1) is 20.5. The van der Waals surface area contributed by atoms with Crippen molar-refractivity contribution in [3.63, 3.8) is 0 Å². The highest BCUT2D eigenvalue weighted by Crippen LogP contribution is 2.38. The van der Waals surface area contributed by atoms with Gasteiger partial charge in [0.25, 0.3) is 0 Å². The van der Waals surface area contributed by atoms with E-state index in [1.807, 2.05) is 0 Å². The van der Waals surface area contributed by atoms with Crippen molar-refractivity contribution in [3.05, 3.63) is 39.4 Å². The van der Waals surface area contributed by atoms with E-state index in [9.17, 15) is 14.9 Å². The number of rotatable bonds is 5. The Labute approximate surface area is 172 Å². The lowest BCUT2D eigenvalue weighted by molar-refractivity contribution is -0.132. The number of hydrogen-bond acceptors (Lipinski definition) is 6. The predicted molar refractivity (Wildman–Crippen MR) is 106 cm³/mol. The maximum absolute atomic E-state index is 12.4. The van der Waals surface area contributed by atoms with Gasteiger partial charge in [0.1, 0.15) is 5.75 Å². The van der Waals surface area contributed by atoms with Gasteiger partial charge in [0.2, 0.25) is 11.8 Å². The molecular formula is C19H20ClN3O4S. The summed E-state index contributed by atoms with van der Waals surface area (Å²) in [6.07, 6.45) is 0.146. The summed E-state index contributed by atoms with van der Waals surface area (Å²) in [7, 11) is 1.52. The van der Waals surface area contributed by atoms with Crippen LogP contribution in [0.15, 0.2) is 28.8 Å². The second kappa shape index (κ2) is 9.32. The fourth-order valence-electron chi connectivity index (χ4n) is 3.16. The molecule has 1 saturated heterocycles. The van der Waals surface area contributed by atoms with E-state index in [1.54, 1.807) is 23.1 Å². The normalized spacial score (nSPS) is 19.8. The number of amides is 2. The molecule has 7 nitrogen and oxygen atoms in total. The molecule has 28 heavy (non-hydrogen) atoms. The van der Waals surface area contributed by atoms with Crippen molar-refractivity contribution >= 4 is 35.2 Å². The van der Waals surface area contributed by atoms with E-state index < -0.39 is 5.92 Å². The lowest BCUT2D eigenvalue weighted by atomic mass is 9.87. The van der Waals surface area contributed by atoms with Crippen LogP contribution in [-0.2, 0) is 14.3 Å². The molecule has 0 aromatic heterocycles. The molecule has 2 heterocycles. The summed E-state index contributed by atoms with van der Waals surface area (Å²) in [4.78, 5) is 26.4. The van der Waals surface area contributed by atoms with Crippen LogP contribution in [-0.4, -0.2) is 55.9 Å². The molecule has 148 valence electrons. The van der Waals surface area contributed by atoms with Gasteiger partial charge in [-0.2, -0.15) is 5.26 Å². The highest BCUT2D eigenvalue weighted by Gasteiger charge is 2.30. The van der Waals surface area contributed by atoms with Crippen LogP contribution in [0, 0.1) is 11.3 Å². The molecule has 1 aromatic rings. The molecule has 0 saturated carbocycles. The number of carbonyl (C=O) groups is 2. The van der Waals surface area contributed by atoms with Gasteiger partial charge < -0.3 is 19.7 Å². The number of nitriles is 1. The largest absolute Gasteiger partial charge is 0.495 e. The first-order valence-electron chi connectivity index (χ1n) is 8.79. The number of nitrogens with zero attached hydrogens (tertiary/aromatic N) is 2. The number of allylic oxidation sites excluding steroid dienone is 1. The summed E-state index contributed by atoms with van der Waals surface area (Å²) in [5, 5.41) is 13.3. The van der Waals surface area contributed by atoms with Crippen LogP contribution in [0.1, 0.15) is 17.9 Å². The molecule has 3 rings (SSSR count). The third-order valence-corrected chi connectivity index (χ3v) is 5.94. The summed E-state index contributed by atoms with van der Waals surface area (Å²) in [5.74, 6) is 0.0258. The Balaban J connectivity index is 1.80. The molecule has 0 aliphatic carbocycles. The monoisotopic (exact) mass is 421 g/mol. The SMILES string of the molecule is COc1ccc([C@@H]2CC(=O)NC(SCC(=O)N3CCOCC3)=C2C#N)cc1Cl. The van der Waals surface area contributed by atoms with Gasteiger partial charge in [-0.1, -0.05) is 29.4 Å². The summed E-state index contributed by atoms with van der Waals surface area (Å²) in [5.41, 5.74) is 1.19. The lowest BCUT2D eigenvalue weighted by Gasteiger charge is -2.28. The zero-order chi connectivity index (χ0) is 20.1. The van der Waals surface area contributed by atoms with Crippen LogP contribution >= 0.6 is 23.4 Å². The van der Waals surface area contributed by atoms with Crippen molar-refractivity contribution in [1.82, 2.24) is 10.2 Å². The molecule has 2 aliphatic rings. The fraction of sp³-hybridized carbons (Fsp3) is 0.421. The molecule has 1 fully saturated rings. The van der Waals surface area contributed by atoms with E-state index in [0.29, 0.717) is 47.7 Å². The highest BCUT2D eigenvalue weighted by molar-refractivity contribution is 8.03. The van der Waals surface area contributed by atoms with Gasteiger partial charge in [-0.15, -0.1) is 0 Å². The third-order valence-electron chi connectivity index (χ3n) is 4.64. The molecule has 1 aromatic carbocycles. The van der Waals surface area contributed by atoms with Crippen LogP contribution in [0.25, 0.3) is 0 Å². The minimum absolute atomic E-state index is 0.0399. The van der Waals surface area contributed by atoms with Gasteiger partial charge in [0.15, 0.2) is 0 Å². The van der Waals surface area contributed by atoms with Crippen molar-refractivity contribution in [3.8, 4) is 11.8 Å². The maximum Gasteiger partial charge on any atom is 0.233 e. The summed E-state index contributed by atoms with van der Waals surface area (Å²) >= 11 is 7.39. The summed E-state index contributed by atoms with van der Waals surface area (Å²) < 4.78 is 10.4. The Hall–Kier alpha value is -2.21. The molecule has 9 heteroatoms. The Kier molecular flexibility index (Phi) is 6.83. The number of carbonyl (C=O) groups excluding carboxylic acids is 2. The average molecular weight is 422 g/mol. The van der Waals surface area contributed by atoms with Crippen molar-refractivity contribution in [2.45, 2.75) is 12.3 Å². The van der Waals surface area contributed by atoms with Crippen LogP contribution in [0.5, 0.6) is 5.75 Å². The molecule has 2 amide bonds. The van der Waals surface area contributed by atoms with Crippen LogP contribution in [0.4, 0.5) is 0 Å². The van der Waals surface area contributed by atoms with Gasteiger partial charge in [0, 0.05) is 25.4 Å². The van der Waals surface area contributed by atoms with Crippen LogP contribution in [0.3, 0.4) is 0 Å². The second-order valence-corrected chi connectivity index (χ2v) is 7.73. The Morgan fingerprint density at radius 3 is 2.86 bits per heavy atom. The van der Waals surface area contributed by atoms with Gasteiger partial charge in [-0.3, -0.25) is 9.59 Å². The number of ether oxygens (including phenoxy) is 2. The Morgan fingerprint density at radius 2 is 2.21 bits per heavy atom. The fourth-order valence-corrected chi connectivity index (χ4v) is 4.40. The second-order valence-electron chi connectivity index (χ2n) is 6.34. The smallest absolute Gasteiger partial charge is 0.233 e. The van der Waals surface area contributed by atoms with E-state index in [4.69, 9.17) is 21.1 Å². The minimum atomic E-state index is -0.414. The van der Waals surface area contributed by atoms with Crippen molar-refractivity contribution < 1.29 is 19.1 Å². The maximum atomic E-state index is 12.4. The minimum Gasteiger partial charge on any atom is -0.495 e. The third kappa shape index (κ3) is 4.61. The molecular weight excluding hydrogens is 402 g/mol. The summed E-state index contributed by atoms with van der Waals surface area (Å²) in [6.45, 7) is 2.17. The lowest BCUT2D eigenvalue weighted by Crippen LogP contribution is -2.42. The molecule has 0 spiro atoms. The number of morpholine rings is 1. The predicted octanol–water partition coefficient (Wildman–Crippen LogP) is 2.28. The zero-order valence-corrected chi connectivity index (χ0v) is 16.9. The first-order chi connectivity index (χ1) is 13.5. The van der Waals surface area contributed by atoms with E-state index in [1.165, 1.54) is 18.9 Å². The number of benzene rings is 1.